The minimum Gasteiger partial charge on any atom is -0.338 e. The Balaban J connectivity index is 2.16. The second kappa shape index (κ2) is 5.80. The molecule has 1 aromatic carbocycles. The maximum Gasteiger partial charge on any atom is 0.240 e. The van der Waals surface area contributed by atoms with Crippen LogP contribution in [0.25, 0.3) is 11.4 Å². The minimum absolute atomic E-state index is 0.473. The summed E-state index contributed by atoms with van der Waals surface area (Å²) in [5, 5.41) is 6.94. The largest absolute Gasteiger partial charge is 0.338 e. The molecule has 0 unspecified atom stereocenters. The Morgan fingerprint density at radius 2 is 2.33 bits per heavy atom. The number of halogens is 1. The molecule has 1 aromatic heterocycles. The van der Waals surface area contributed by atoms with Gasteiger partial charge in [0.25, 0.3) is 0 Å². The maximum atomic E-state index is 5.14. The van der Waals surface area contributed by atoms with Gasteiger partial charge in [-0.05, 0) is 24.6 Å². The average molecular weight is 306 g/mol. The third-order valence-corrected chi connectivity index (χ3v) is 2.99. The molecule has 0 atom stereocenters. The number of hydrogen-bond donors (Lipinski definition) is 1. The molecule has 2 rings (SSSR count). The van der Waals surface area contributed by atoms with Gasteiger partial charge in [-0.3, -0.25) is 5.32 Å². The van der Waals surface area contributed by atoms with Crippen LogP contribution in [0.4, 0.5) is 0 Å². The maximum absolute atomic E-state index is 5.14. The van der Waals surface area contributed by atoms with Gasteiger partial charge in [0.1, 0.15) is 0 Å². The standard InChI is InChI=1S/C13H12BrN3O/c1-3-6-15-8-12-16-13(17-18-12)10-5-4-9(2)7-11(10)14/h1,4-5,7,15H,6,8H2,2H3. The number of aromatic nitrogens is 2. The van der Waals surface area contributed by atoms with Gasteiger partial charge in [-0.1, -0.05) is 33.1 Å². The number of aryl methyl sites for hydroxylation is 1. The Kier molecular flexibility index (Phi) is 4.13. The van der Waals surface area contributed by atoms with Gasteiger partial charge in [-0.2, -0.15) is 4.98 Å². The molecule has 1 N–H and O–H groups in total. The van der Waals surface area contributed by atoms with E-state index in [2.05, 4.69) is 37.3 Å². The van der Waals surface area contributed by atoms with E-state index in [1.165, 1.54) is 5.56 Å². The summed E-state index contributed by atoms with van der Waals surface area (Å²) in [5.74, 6) is 3.57. The first-order valence-electron chi connectivity index (χ1n) is 5.44. The Morgan fingerprint density at radius 3 is 3.06 bits per heavy atom. The Labute approximate surface area is 114 Å². The smallest absolute Gasteiger partial charge is 0.240 e. The van der Waals surface area contributed by atoms with E-state index in [1.54, 1.807) is 0 Å². The first kappa shape index (κ1) is 12.8. The second-order valence-electron chi connectivity index (χ2n) is 3.80. The fraction of sp³-hybridized carbons (Fsp3) is 0.231. The summed E-state index contributed by atoms with van der Waals surface area (Å²) >= 11 is 3.49. The monoisotopic (exact) mass is 305 g/mol. The van der Waals surface area contributed by atoms with Crippen LogP contribution >= 0.6 is 15.9 Å². The lowest BCUT2D eigenvalue weighted by Crippen LogP contribution is -2.13. The molecule has 92 valence electrons. The average Bonchev–Trinajstić information content (AvgIpc) is 2.78. The molecule has 0 bridgehead atoms. The van der Waals surface area contributed by atoms with Crippen molar-refractivity contribution in [3.63, 3.8) is 0 Å². The summed E-state index contributed by atoms with van der Waals surface area (Å²) in [5.41, 5.74) is 2.08. The molecule has 4 nitrogen and oxygen atoms in total. The van der Waals surface area contributed by atoms with Gasteiger partial charge in [0, 0.05) is 10.0 Å². The first-order valence-corrected chi connectivity index (χ1v) is 6.23. The highest BCUT2D eigenvalue weighted by Gasteiger charge is 2.11. The van der Waals surface area contributed by atoms with Crippen LogP contribution in [0.15, 0.2) is 27.2 Å². The third kappa shape index (κ3) is 2.97. The quantitative estimate of drug-likeness (QED) is 0.696. The van der Waals surface area contributed by atoms with Crippen LogP contribution in [0.1, 0.15) is 11.5 Å². The van der Waals surface area contributed by atoms with Crippen LogP contribution in [0.3, 0.4) is 0 Å². The summed E-state index contributed by atoms with van der Waals surface area (Å²) in [6.07, 6.45) is 5.14. The van der Waals surface area contributed by atoms with Crippen molar-refractivity contribution in [2.75, 3.05) is 6.54 Å². The molecular formula is C13H12BrN3O. The van der Waals surface area contributed by atoms with E-state index in [9.17, 15) is 0 Å². The van der Waals surface area contributed by atoms with Crippen molar-refractivity contribution in [2.45, 2.75) is 13.5 Å². The van der Waals surface area contributed by atoms with Crippen molar-refractivity contribution in [1.82, 2.24) is 15.5 Å². The lowest BCUT2D eigenvalue weighted by molar-refractivity contribution is 0.370. The van der Waals surface area contributed by atoms with E-state index in [1.807, 2.05) is 25.1 Å². The summed E-state index contributed by atoms with van der Waals surface area (Å²) < 4.78 is 6.09. The Hall–Kier alpha value is -1.64. The van der Waals surface area contributed by atoms with Crippen LogP contribution in [0.2, 0.25) is 0 Å². The van der Waals surface area contributed by atoms with Gasteiger partial charge in [-0.25, -0.2) is 0 Å². The number of nitrogens with zero attached hydrogens (tertiary/aromatic N) is 2. The molecular weight excluding hydrogens is 294 g/mol. The van der Waals surface area contributed by atoms with Gasteiger partial charge >= 0.3 is 0 Å². The molecule has 5 heteroatoms. The predicted octanol–water partition coefficient (Wildman–Crippen LogP) is 2.53. The van der Waals surface area contributed by atoms with Crippen molar-refractivity contribution in [3.8, 4) is 23.7 Å². The van der Waals surface area contributed by atoms with Crippen molar-refractivity contribution < 1.29 is 4.52 Å². The molecule has 0 saturated heterocycles. The second-order valence-corrected chi connectivity index (χ2v) is 4.66. The zero-order valence-electron chi connectivity index (χ0n) is 9.90. The van der Waals surface area contributed by atoms with Gasteiger partial charge < -0.3 is 4.52 Å². The Morgan fingerprint density at radius 1 is 1.50 bits per heavy atom. The fourth-order valence-corrected chi connectivity index (χ4v) is 2.15. The lowest BCUT2D eigenvalue weighted by atomic mass is 10.1. The molecule has 0 fully saturated rings. The Bertz CT molecular complexity index is 586. The van der Waals surface area contributed by atoms with E-state index in [0.29, 0.717) is 24.8 Å². The van der Waals surface area contributed by atoms with Crippen molar-refractivity contribution in [1.29, 1.82) is 0 Å². The van der Waals surface area contributed by atoms with Crippen LogP contribution in [-0.2, 0) is 6.54 Å². The van der Waals surface area contributed by atoms with Crippen LogP contribution in [-0.4, -0.2) is 16.7 Å². The fourth-order valence-electron chi connectivity index (χ4n) is 1.48. The van der Waals surface area contributed by atoms with Crippen molar-refractivity contribution in [2.24, 2.45) is 0 Å². The summed E-state index contributed by atoms with van der Waals surface area (Å²) in [6.45, 7) is 2.98. The van der Waals surface area contributed by atoms with Crippen LogP contribution in [0, 0.1) is 19.3 Å². The van der Waals surface area contributed by atoms with Crippen LogP contribution < -0.4 is 5.32 Å². The van der Waals surface area contributed by atoms with Gasteiger partial charge in [0.2, 0.25) is 11.7 Å². The highest BCUT2D eigenvalue weighted by Crippen LogP contribution is 2.26. The predicted molar refractivity (Wildman–Crippen MR) is 72.7 cm³/mol. The normalized spacial score (nSPS) is 10.3. The number of benzene rings is 1. The van der Waals surface area contributed by atoms with Gasteiger partial charge in [0.05, 0.1) is 13.1 Å². The van der Waals surface area contributed by atoms with E-state index < -0.39 is 0 Å². The zero-order chi connectivity index (χ0) is 13.0. The molecule has 0 saturated carbocycles. The number of rotatable bonds is 4. The topological polar surface area (TPSA) is 51.0 Å². The number of hydrogen-bond acceptors (Lipinski definition) is 4. The molecule has 2 aromatic rings. The van der Waals surface area contributed by atoms with Gasteiger partial charge in [0.15, 0.2) is 0 Å². The summed E-state index contributed by atoms with van der Waals surface area (Å²) in [7, 11) is 0. The molecule has 18 heavy (non-hydrogen) atoms. The first-order chi connectivity index (χ1) is 8.70. The van der Waals surface area contributed by atoms with Gasteiger partial charge in [-0.15, -0.1) is 6.42 Å². The summed E-state index contributed by atoms with van der Waals surface area (Å²) in [6, 6.07) is 5.98. The molecule has 0 aliphatic carbocycles. The highest BCUT2D eigenvalue weighted by molar-refractivity contribution is 9.10. The molecule has 0 amide bonds. The lowest BCUT2D eigenvalue weighted by Gasteiger charge is -1.99. The van der Waals surface area contributed by atoms with E-state index >= 15 is 0 Å². The molecule has 0 aliphatic rings. The molecule has 1 heterocycles. The number of terminal acetylenes is 1. The zero-order valence-corrected chi connectivity index (χ0v) is 11.5. The summed E-state index contributed by atoms with van der Waals surface area (Å²) in [4.78, 5) is 4.30. The van der Waals surface area contributed by atoms with Crippen LogP contribution in [0.5, 0.6) is 0 Å². The minimum atomic E-state index is 0.473. The number of nitrogens with one attached hydrogen (secondary N) is 1. The highest BCUT2D eigenvalue weighted by atomic mass is 79.9. The molecule has 0 spiro atoms. The SMILES string of the molecule is C#CCNCc1nc(-c2ccc(C)cc2Br)no1. The van der Waals surface area contributed by atoms with E-state index in [-0.39, 0.29) is 0 Å². The van der Waals surface area contributed by atoms with Crippen molar-refractivity contribution >= 4 is 15.9 Å². The van der Waals surface area contributed by atoms with Crippen molar-refractivity contribution in [3.05, 3.63) is 34.1 Å². The van der Waals surface area contributed by atoms with E-state index in [4.69, 9.17) is 10.9 Å². The third-order valence-electron chi connectivity index (χ3n) is 2.34. The van der Waals surface area contributed by atoms with E-state index in [0.717, 1.165) is 10.0 Å². The molecule has 0 radical (unpaired) electrons. The molecule has 0 aliphatic heterocycles.